The van der Waals surface area contributed by atoms with Crippen LogP contribution in [0.3, 0.4) is 0 Å². The lowest BCUT2D eigenvalue weighted by atomic mass is 10.0. The molecule has 0 spiro atoms. The van der Waals surface area contributed by atoms with Gasteiger partial charge in [0.2, 0.25) is 0 Å². The van der Waals surface area contributed by atoms with E-state index in [0.717, 1.165) is 115 Å². The molecule has 2 unspecified atom stereocenters. The number of aliphatic hydroxyl groups is 1. The van der Waals surface area contributed by atoms with Crippen LogP contribution in [0.15, 0.2) is 0 Å². The first kappa shape index (κ1) is 91.1. The lowest BCUT2D eigenvalue weighted by molar-refractivity contribution is -0.161. The van der Waals surface area contributed by atoms with E-state index in [1.165, 1.54) is 186 Å². The van der Waals surface area contributed by atoms with Crippen LogP contribution in [-0.2, 0) is 65.4 Å². The highest BCUT2D eigenvalue weighted by Crippen LogP contribution is 2.45. The standard InChI is InChI=1S/C74H144O17P2/c1-7-9-11-13-15-16-17-18-21-25-28-33-39-45-51-57-72(77)85-63-70(91-73(78)58-52-46-40-34-29-26-23-20-19-22-24-27-31-37-42-48-54-66(3)4)65-89-93(82,83)87-61-68(75)60-86-92(80,81)88-64-69(62-84-71(76)56-50-44-36-14-12-10-8-2)90-74(79)59-53-47-41-35-30-32-38-43-49-55-67(5)6/h66-70,75H,7-65H2,1-6H3,(H,80,81)(H,82,83)/t68-,69+,70+/m0/s1. The van der Waals surface area contributed by atoms with Gasteiger partial charge in [-0.15, -0.1) is 0 Å². The van der Waals surface area contributed by atoms with Crippen LogP contribution in [0.25, 0.3) is 0 Å². The second-order valence-electron chi connectivity index (χ2n) is 27.6. The predicted molar refractivity (Wildman–Crippen MR) is 377 cm³/mol. The molecule has 0 aliphatic heterocycles. The molecule has 17 nitrogen and oxygen atoms in total. The van der Waals surface area contributed by atoms with Crippen molar-refractivity contribution in [2.45, 2.75) is 400 Å². The molecule has 552 valence electrons. The Morgan fingerprint density at radius 1 is 0.290 bits per heavy atom. The highest BCUT2D eigenvalue weighted by molar-refractivity contribution is 7.47. The molecule has 5 atom stereocenters. The van der Waals surface area contributed by atoms with E-state index in [2.05, 4.69) is 41.5 Å². The minimum Gasteiger partial charge on any atom is -0.462 e. The van der Waals surface area contributed by atoms with Crippen molar-refractivity contribution in [3.63, 3.8) is 0 Å². The summed E-state index contributed by atoms with van der Waals surface area (Å²) < 4.78 is 68.3. The summed E-state index contributed by atoms with van der Waals surface area (Å²) in [7, 11) is -9.90. The number of phosphoric acid groups is 2. The van der Waals surface area contributed by atoms with Gasteiger partial charge in [-0.05, 0) is 37.5 Å². The van der Waals surface area contributed by atoms with Crippen molar-refractivity contribution in [3.8, 4) is 0 Å². The van der Waals surface area contributed by atoms with Gasteiger partial charge in [0.05, 0.1) is 26.4 Å². The van der Waals surface area contributed by atoms with E-state index >= 15 is 0 Å². The van der Waals surface area contributed by atoms with E-state index in [0.29, 0.717) is 25.7 Å². The summed E-state index contributed by atoms with van der Waals surface area (Å²) in [4.78, 5) is 72.6. The first-order chi connectivity index (χ1) is 44.9. The van der Waals surface area contributed by atoms with Crippen LogP contribution in [0.1, 0.15) is 382 Å². The Hall–Kier alpha value is -1.94. The van der Waals surface area contributed by atoms with Crippen LogP contribution < -0.4 is 0 Å². The number of unbranched alkanes of at least 4 members (excludes halogenated alkanes) is 43. The normalized spacial score (nSPS) is 14.1. The maximum absolute atomic E-state index is 13.1. The van der Waals surface area contributed by atoms with Gasteiger partial charge in [-0.3, -0.25) is 37.3 Å². The molecule has 0 heterocycles. The molecule has 0 rings (SSSR count). The fourth-order valence-electron chi connectivity index (χ4n) is 11.3. The van der Waals surface area contributed by atoms with E-state index < -0.39 is 97.5 Å². The lowest BCUT2D eigenvalue weighted by Gasteiger charge is -2.21. The van der Waals surface area contributed by atoms with E-state index in [1.54, 1.807) is 0 Å². The van der Waals surface area contributed by atoms with Crippen molar-refractivity contribution < 1.29 is 80.2 Å². The van der Waals surface area contributed by atoms with Crippen molar-refractivity contribution in [1.82, 2.24) is 0 Å². The van der Waals surface area contributed by atoms with Gasteiger partial charge in [0, 0.05) is 25.7 Å². The zero-order valence-corrected chi connectivity index (χ0v) is 62.3. The quantitative estimate of drug-likeness (QED) is 0.0222. The molecule has 0 aliphatic rings. The highest BCUT2D eigenvalue weighted by atomic mass is 31.2. The van der Waals surface area contributed by atoms with Crippen LogP contribution in [0.4, 0.5) is 0 Å². The first-order valence-electron chi connectivity index (χ1n) is 38.5. The van der Waals surface area contributed by atoms with E-state index in [1.807, 2.05) is 0 Å². The number of carbonyl (C=O) groups excluding carboxylic acids is 4. The number of esters is 4. The Morgan fingerprint density at radius 2 is 0.495 bits per heavy atom. The van der Waals surface area contributed by atoms with E-state index in [9.17, 15) is 43.2 Å². The molecule has 93 heavy (non-hydrogen) atoms. The molecule has 0 amide bonds. The van der Waals surface area contributed by atoms with Crippen molar-refractivity contribution in [1.29, 1.82) is 0 Å². The summed E-state index contributed by atoms with van der Waals surface area (Å²) in [6.45, 7) is 9.55. The largest absolute Gasteiger partial charge is 0.472 e. The number of hydrogen-bond acceptors (Lipinski definition) is 15. The van der Waals surface area contributed by atoms with Crippen LogP contribution in [-0.4, -0.2) is 96.7 Å². The summed E-state index contributed by atoms with van der Waals surface area (Å²) in [5, 5.41) is 10.6. The SMILES string of the molecule is CCCCCCCCCCCCCCCCCC(=O)OC[C@H](COP(=O)(O)OC[C@@H](O)COP(=O)(O)OC[C@@H](COC(=O)CCCCCCCCC)OC(=O)CCCCCCCCCCCC(C)C)OC(=O)CCCCCCCCCCCCCCCCCCC(C)C. The Kier molecular flexibility index (Phi) is 64.6. The van der Waals surface area contributed by atoms with Crippen molar-refractivity contribution in [2.75, 3.05) is 39.6 Å². The first-order valence-corrected chi connectivity index (χ1v) is 41.5. The molecule has 3 N–H and O–H groups in total. The zero-order valence-electron chi connectivity index (χ0n) is 60.6. The van der Waals surface area contributed by atoms with Crippen LogP contribution in [0, 0.1) is 11.8 Å². The fraction of sp³-hybridized carbons (Fsp3) is 0.946. The topological polar surface area (TPSA) is 237 Å². The van der Waals surface area contributed by atoms with Crippen LogP contribution >= 0.6 is 15.6 Å². The molecule has 0 aromatic carbocycles. The average molecular weight is 1370 g/mol. The van der Waals surface area contributed by atoms with Gasteiger partial charge in [-0.25, -0.2) is 9.13 Å². The molecular weight excluding hydrogens is 1220 g/mol. The number of ether oxygens (including phenoxy) is 4. The molecular formula is C74H144O17P2. The molecule has 0 fully saturated rings. The van der Waals surface area contributed by atoms with Gasteiger partial charge < -0.3 is 33.8 Å². The van der Waals surface area contributed by atoms with Crippen molar-refractivity contribution in [3.05, 3.63) is 0 Å². The number of hydrogen-bond donors (Lipinski definition) is 3. The molecule has 0 saturated heterocycles. The molecule has 0 aromatic heterocycles. The summed E-state index contributed by atoms with van der Waals surface area (Å²) in [6.07, 6.45) is 52.9. The van der Waals surface area contributed by atoms with Crippen LogP contribution in [0.5, 0.6) is 0 Å². The zero-order chi connectivity index (χ0) is 68.6. The fourth-order valence-corrected chi connectivity index (χ4v) is 12.9. The maximum Gasteiger partial charge on any atom is 0.472 e. The monoisotopic (exact) mass is 1370 g/mol. The van der Waals surface area contributed by atoms with Gasteiger partial charge in [-0.2, -0.15) is 0 Å². The molecule has 0 aliphatic carbocycles. The van der Waals surface area contributed by atoms with Gasteiger partial charge in [0.15, 0.2) is 12.2 Å². The Bertz CT molecular complexity index is 1800. The van der Waals surface area contributed by atoms with Crippen LogP contribution in [0.2, 0.25) is 0 Å². The number of phosphoric ester groups is 2. The minimum atomic E-state index is -4.95. The minimum absolute atomic E-state index is 0.105. The second kappa shape index (κ2) is 66.0. The second-order valence-corrected chi connectivity index (χ2v) is 30.5. The molecule has 0 aromatic rings. The van der Waals surface area contributed by atoms with Crippen molar-refractivity contribution >= 4 is 39.5 Å². The van der Waals surface area contributed by atoms with Crippen molar-refractivity contribution in [2.24, 2.45) is 11.8 Å². The predicted octanol–water partition coefficient (Wildman–Crippen LogP) is 21.6. The van der Waals surface area contributed by atoms with Gasteiger partial charge in [-0.1, -0.05) is 330 Å². The average Bonchev–Trinajstić information content (AvgIpc) is 1.66. The molecule has 0 bridgehead atoms. The Morgan fingerprint density at radius 3 is 0.731 bits per heavy atom. The Labute approximate surface area is 568 Å². The van der Waals surface area contributed by atoms with E-state index in [4.69, 9.17) is 37.0 Å². The molecule has 0 saturated carbocycles. The number of carbonyl (C=O) groups is 4. The third-order valence-corrected chi connectivity index (χ3v) is 19.1. The summed E-state index contributed by atoms with van der Waals surface area (Å²) in [6, 6.07) is 0. The third kappa shape index (κ3) is 68.4. The van der Waals surface area contributed by atoms with Gasteiger partial charge >= 0.3 is 39.5 Å². The maximum atomic E-state index is 13.1. The Balaban J connectivity index is 5.19. The molecule has 0 radical (unpaired) electrons. The summed E-state index contributed by atoms with van der Waals surface area (Å²) in [5.41, 5.74) is 0. The molecule has 19 heteroatoms. The van der Waals surface area contributed by atoms with E-state index in [-0.39, 0.29) is 25.7 Å². The smallest absolute Gasteiger partial charge is 0.462 e. The van der Waals surface area contributed by atoms with Gasteiger partial charge in [0.1, 0.15) is 19.3 Å². The van der Waals surface area contributed by atoms with Gasteiger partial charge in [0.25, 0.3) is 0 Å². The summed E-state index contributed by atoms with van der Waals surface area (Å²) >= 11 is 0. The summed E-state index contributed by atoms with van der Waals surface area (Å²) in [5.74, 6) is -0.577. The number of aliphatic hydroxyl groups excluding tert-OH is 1. The number of rotatable bonds is 73. The third-order valence-electron chi connectivity index (χ3n) is 17.2. The highest BCUT2D eigenvalue weighted by Gasteiger charge is 2.30. The lowest BCUT2D eigenvalue weighted by Crippen LogP contribution is -2.30.